The lowest BCUT2D eigenvalue weighted by Gasteiger charge is -2.16. The van der Waals surface area contributed by atoms with Crippen molar-refractivity contribution in [3.05, 3.63) is 48.0 Å². The minimum atomic E-state index is -5.10. The van der Waals surface area contributed by atoms with Gasteiger partial charge in [-0.2, -0.15) is 13.2 Å². The highest BCUT2D eigenvalue weighted by Gasteiger charge is 2.34. The molecule has 0 fully saturated rings. The van der Waals surface area contributed by atoms with E-state index >= 15 is 0 Å². The van der Waals surface area contributed by atoms with Gasteiger partial charge in [-0.05, 0) is 23.3 Å². The summed E-state index contributed by atoms with van der Waals surface area (Å²) in [4.78, 5) is 11.0. The molecule has 2 rings (SSSR count). The molecule has 0 N–H and O–H groups in total. The highest BCUT2D eigenvalue weighted by Crippen LogP contribution is 2.37. The Bertz CT molecular complexity index is 752. The van der Waals surface area contributed by atoms with Crippen molar-refractivity contribution < 1.29 is 40.6 Å². The van der Waals surface area contributed by atoms with E-state index in [0.29, 0.717) is 11.8 Å². The number of hydrogen-bond acceptors (Lipinski definition) is 3. The van der Waals surface area contributed by atoms with Crippen molar-refractivity contribution in [1.29, 1.82) is 0 Å². The molecular weight excluding hydrogens is 354 g/mol. The van der Waals surface area contributed by atoms with Crippen LogP contribution in [-0.4, -0.2) is 25.4 Å². The molecular formula is C16H10F6O3. The maximum Gasteiger partial charge on any atom is 0.573 e. The van der Waals surface area contributed by atoms with Crippen LogP contribution in [0.4, 0.5) is 26.3 Å². The van der Waals surface area contributed by atoms with Gasteiger partial charge < -0.3 is 9.47 Å². The van der Waals surface area contributed by atoms with Crippen LogP contribution in [0.15, 0.2) is 42.5 Å². The summed E-state index contributed by atoms with van der Waals surface area (Å²) in [5, 5.41) is 0. The van der Waals surface area contributed by atoms with Gasteiger partial charge in [0.2, 0.25) is 0 Å². The lowest BCUT2D eigenvalue weighted by atomic mass is 10.00. The van der Waals surface area contributed by atoms with E-state index < -0.39 is 30.6 Å². The van der Waals surface area contributed by atoms with Crippen LogP contribution < -0.4 is 9.47 Å². The zero-order valence-electron chi connectivity index (χ0n) is 12.3. The molecule has 0 aliphatic rings. The molecule has 25 heavy (non-hydrogen) atoms. The fourth-order valence-corrected chi connectivity index (χ4v) is 2.02. The van der Waals surface area contributed by atoms with Crippen molar-refractivity contribution in [3.8, 4) is 22.6 Å². The van der Waals surface area contributed by atoms with Crippen LogP contribution in [0.25, 0.3) is 11.1 Å². The fourth-order valence-electron chi connectivity index (χ4n) is 2.02. The van der Waals surface area contributed by atoms with Gasteiger partial charge in [0.1, 0.15) is 0 Å². The molecule has 0 aliphatic carbocycles. The quantitative estimate of drug-likeness (QED) is 0.553. The Kier molecular flexibility index (Phi) is 5.24. The third kappa shape index (κ3) is 5.40. The second kappa shape index (κ2) is 7.04. The smallest absolute Gasteiger partial charge is 0.480 e. The summed E-state index contributed by atoms with van der Waals surface area (Å²) in [5.74, 6) is -1.66. The average molecular weight is 364 g/mol. The van der Waals surface area contributed by atoms with E-state index in [4.69, 9.17) is 0 Å². The third-order valence-corrected chi connectivity index (χ3v) is 2.96. The van der Waals surface area contributed by atoms with Crippen LogP contribution in [0.1, 0.15) is 10.4 Å². The molecule has 3 nitrogen and oxygen atoms in total. The van der Waals surface area contributed by atoms with Gasteiger partial charge >= 0.3 is 12.5 Å². The molecule has 0 bridgehead atoms. The molecule has 0 saturated heterocycles. The number of halogens is 6. The number of hydrogen-bond donors (Lipinski definition) is 0. The number of carbonyl (C=O) groups excluding carboxylic acids is 1. The van der Waals surface area contributed by atoms with Crippen molar-refractivity contribution in [1.82, 2.24) is 0 Å². The molecule has 0 aliphatic heterocycles. The predicted octanol–water partition coefficient (Wildman–Crippen LogP) is 5.01. The van der Waals surface area contributed by atoms with Gasteiger partial charge in [0, 0.05) is 5.56 Å². The van der Waals surface area contributed by atoms with E-state index in [9.17, 15) is 31.1 Å². The van der Waals surface area contributed by atoms with Crippen LogP contribution in [-0.2, 0) is 0 Å². The van der Waals surface area contributed by atoms with Crippen molar-refractivity contribution in [2.24, 2.45) is 0 Å². The van der Waals surface area contributed by atoms with Gasteiger partial charge in [-0.15, -0.1) is 13.2 Å². The van der Waals surface area contributed by atoms with E-state index in [1.807, 2.05) is 0 Å². The van der Waals surface area contributed by atoms with Gasteiger partial charge in [0.15, 0.2) is 24.4 Å². The van der Waals surface area contributed by atoms with Crippen molar-refractivity contribution in [2.75, 3.05) is 6.61 Å². The molecule has 0 amide bonds. The third-order valence-electron chi connectivity index (χ3n) is 2.96. The summed E-state index contributed by atoms with van der Waals surface area (Å²) in [6.45, 7) is -1.79. The number of rotatable bonds is 5. The standard InChI is InChI=1S/C16H10F6O3/c17-15(18,19)9-24-14-7-10(5-6-13(14)25-16(20,21)22)12-4-2-1-3-11(12)8-23/h1-8H,9H2. The van der Waals surface area contributed by atoms with Gasteiger partial charge in [0.25, 0.3) is 0 Å². The fraction of sp³-hybridized carbons (Fsp3) is 0.188. The lowest BCUT2D eigenvalue weighted by Crippen LogP contribution is -2.21. The monoisotopic (exact) mass is 364 g/mol. The highest BCUT2D eigenvalue weighted by atomic mass is 19.4. The van der Waals surface area contributed by atoms with Crippen molar-refractivity contribution >= 4 is 6.29 Å². The van der Waals surface area contributed by atoms with E-state index in [1.54, 1.807) is 12.1 Å². The zero-order chi connectivity index (χ0) is 18.7. The first-order valence-corrected chi connectivity index (χ1v) is 6.73. The first-order chi connectivity index (χ1) is 11.6. The molecule has 0 heterocycles. The number of ether oxygens (including phenoxy) is 2. The highest BCUT2D eigenvalue weighted by molar-refractivity contribution is 5.87. The first-order valence-electron chi connectivity index (χ1n) is 6.73. The van der Waals surface area contributed by atoms with Crippen molar-refractivity contribution in [2.45, 2.75) is 12.5 Å². The molecule has 2 aromatic rings. The van der Waals surface area contributed by atoms with E-state index in [-0.39, 0.29) is 11.1 Å². The Labute approximate surface area is 137 Å². The Balaban J connectivity index is 2.45. The van der Waals surface area contributed by atoms with E-state index in [0.717, 1.165) is 12.1 Å². The summed E-state index contributed by atoms with van der Waals surface area (Å²) >= 11 is 0. The normalized spacial score (nSPS) is 11.9. The summed E-state index contributed by atoms with van der Waals surface area (Å²) in [5.41, 5.74) is 0.746. The van der Waals surface area contributed by atoms with Crippen LogP contribution in [0, 0.1) is 0 Å². The molecule has 0 unspecified atom stereocenters. The van der Waals surface area contributed by atoms with E-state index in [2.05, 4.69) is 9.47 Å². The maximum absolute atomic E-state index is 12.4. The molecule has 0 spiro atoms. The Morgan fingerprint density at radius 1 is 0.920 bits per heavy atom. The number of benzene rings is 2. The maximum atomic E-state index is 12.4. The average Bonchev–Trinajstić information content (AvgIpc) is 2.51. The molecule has 2 aromatic carbocycles. The first kappa shape index (κ1) is 18.6. The minimum absolute atomic E-state index is 0.203. The van der Waals surface area contributed by atoms with Gasteiger partial charge in [0.05, 0.1) is 0 Å². The molecule has 9 heteroatoms. The van der Waals surface area contributed by atoms with Crippen LogP contribution in [0.3, 0.4) is 0 Å². The molecule has 0 aromatic heterocycles. The summed E-state index contributed by atoms with van der Waals surface area (Å²) in [6.07, 6.45) is -9.32. The van der Waals surface area contributed by atoms with Gasteiger partial charge in [-0.25, -0.2) is 0 Å². The van der Waals surface area contributed by atoms with Crippen LogP contribution in [0.2, 0.25) is 0 Å². The Morgan fingerprint density at radius 3 is 2.20 bits per heavy atom. The van der Waals surface area contributed by atoms with Gasteiger partial charge in [-0.3, -0.25) is 4.79 Å². The second-order valence-corrected chi connectivity index (χ2v) is 4.82. The molecule has 0 atom stereocenters. The Hall–Kier alpha value is -2.71. The molecule has 0 radical (unpaired) electrons. The topological polar surface area (TPSA) is 35.5 Å². The number of alkyl halides is 6. The van der Waals surface area contributed by atoms with Crippen LogP contribution >= 0.6 is 0 Å². The lowest BCUT2D eigenvalue weighted by molar-refractivity contribution is -0.275. The largest absolute Gasteiger partial charge is 0.573 e. The van der Waals surface area contributed by atoms with Gasteiger partial charge in [-0.1, -0.05) is 30.3 Å². The van der Waals surface area contributed by atoms with Crippen LogP contribution in [0.5, 0.6) is 11.5 Å². The predicted molar refractivity (Wildman–Crippen MR) is 75.5 cm³/mol. The summed E-state index contributed by atoms with van der Waals surface area (Å²) in [6, 6.07) is 9.05. The van der Waals surface area contributed by atoms with Crippen molar-refractivity contribution in [3.63, 3.8) is 0 Å². The molecule has 0 saturated carbocycles. The summed E-state index contributed by atoms with van der Waals surface area (Å²) in [7, 11) is 0. The Morgan fingerprint density at radius 2 is 1.60 bits per heavy atom. The number of aldehydes is 1. The summed E-state index contributed by atoms with van der Waals surface area (Å²) < 4.78 is 82.3. The minimum Gasteiger partial charge on any atom is -0.480 e. The SMILES string of the molecule is O=Cc1ccccc1-c1ccc(OC(F)(F)F)c(OCC(F)(F)F)c1. The zero-order valence-corrected chi connectivity index (χ0v) is 12.3. The molecule has 134 valence electrons. The van der Waals surface area contributed by atoms with E-state index in [1.165, 1.54) is 18.2 Å². The second-order valence-electron chi connectivity index (χ2n) is 4.82. The number of carbonyl (C=O) groups is 1.